The minimum Gasteiger partial charge on any atom is -0.354 e. The summed E-state index contributed by atoms with van der Waals surface area (Å²) in [4.78, 5) is 15.6. The van der Waals surface area contributed by atoms with E-state index in [1.807, 2.05) is 49.4 Å². The summed E-state index contributed by atoms with van der Waals surface area (Å²) in [6, 6.07) is 23.0. The lowest BCUT2D eigenvalue weighted by Crippen LogP contribution is -2.22. The number of rotatable bonds is 11. The van der Waals surface area contributed by atoms with E-state index in [1.54, 1.807) is 18.2 Å². The van der Waals surface area contributed by atoms with Crippen molar-refractivity contribution in [3.63, 3.8) is 0 Å². The maximum atomic E-state index is 13.2. The number of fused-ring (bicyclic) bond motifs is 1. The van der Waals surface area contributed by atoms with Crippen LogP contribution in [0.25, 0.3) is 11.3 Å². The van der Waals surface area contributed by atoms with Gasteiger partial charge >= 0.3 is 0 Å². The molecule has 8 heteroatoms. The smallest absolute Gasteiger partial charge is 0.258 e. The number of hydrogen-bond acceptors (Lipinski definition) is 5. The lowest BCUT2D eigenvalue weighted by Gasteiger charge is -2.19. The van der Waals surface area contributed by atoms with Gasteiger partial charge in [0.1, 0.15) is 0 Å². The van der Waals surface area contributed by atoms with Crippen LogP contribution in [-0.4, -0.2) is 38.1 Å². The Morgan fingerprint density at radius 1 is 0.892 bits per heavy atom. The largest absolute Gasteiger partial charge is 0.354 e. The van der Waals surface area contributed by atoms with Gasteiger partial charge in [-0.05, 0) is 61.0 Å². The van der Waals surface area contributed by atoms with Gasteiger partial charge < -0.3 is 10.6 Å². The van der Waals surface area contributed by atoms with Crippen molar-refractivity contribution in [2.24, 2.45) is 0 Å². The van der Waals surface area contributed by atoms with Crippen molar-refractivity contribution in [1.82, 2.24) is 4.90 Å². The monoisotopic (exact) mass is 518 g/mol. The molecule has 0 fully saturated rings. The first-order valence-electron chi connectivity index (χ1n) is 12.7. The van der Waals surface area contributed by atoms with Crippen molar-refractivity contribution in [1.29, 1.82) is 0 Å². The van der Waals surface area contributed by atoms with E-state index >= 15 is 0 Å². The lowest BCUT2D eigenvalue weighted by atomic mass is 9.99. The molecule has 0 saturated carbocycles. The second-order valence-corrected chi connectivity index (χ2v) is 10.9. The first-order chi connectivity index (χ1) is 17.8. The van der Waals surface area contributed by atoms with E-state index in [9.17, 15) is 13.2 Å². The highest BCUT2D eigenvalue weighted by Crippen LogP contribution is 2.39. The molecule has 4 rings (SSSR count). The van der Waals surface area contributed by atoms with Crippen LogP contribution in [0.1, 0.15) is 43.9 Å². The standard InChI is InChI=1S/C29H34N4O3S/c1-4-18-37(35,36)32-24-16-17-26-25(19-24)27(29(34)31-26)28(22-10-8-7-9-11-22)30-23-14-12-21(13-15-23)20-33(5-2)6-3/h7-17,19,30,32H,4-6,18,20H2,1-3H3,(H,31,34)/b28-27-. The Bertz CT molecular complexity index is 1380. The summed E-state index contributed by atoms with van der Waals surface area (Å²) < 4.78 is 27.3. The average Bonchev–Trinajstić information content (AvgIpc) is 3.21. The number of benzene rings is 3. The Kier molecular flexibility index (Phi) is 8.31. The molecule has 0 atom stereocenters. The predicted molar refractivity (Wildman–Crippen MR) is 153 cm³/mol. The predicted octanol–water partition coefficient (Wildman–Crippen LogP) is 5.61. The normalized spacial score (nSPS) is 14.3. The van der Waals surface area contributed by atoms with Gasteiger partial charge in [0, 0.05) is 29.2 Å². The third-order valence-electron chi connectivity index (χ3n) is 6.35. The quantitative estimate of drug-likeness (QED) is 0.287. The molecule has 0 spiro atoms. The van der Waals surface area contributed by atoms with E-state index < -0.39 is 10.0 Å². The molecule has 0 aliphatic carbocycles. The highest BCUT2D eigenvalue weighted by molar-refractivity contribution is 7.92. The minimum atomic E-state index is -3.46. The maximum absolute atomic E-state index is 13.2. The second-order valence-electron chi connectivity index (χ2n) is 9.03. The average molecular weight is 519 g/mol. The van der Waals surface area contributed by atoms with E-state index in [2.05, 4.69) is 46.2 Å². The lowest BCUT2D eigenvalue weighted by molar-refractivity contribution is -0.110. The zero-order valence-corrected chi connectivity index (χ0v) is 22.4. The number of hydrogen-bond donors (Lipinski definition) is 3. The molecule has 1 amide bonds. The first kappa shape index (κ1) is 26.4. The van der Waals surface area contributed by atoms with Crippen LogP contribution in [0.5, 0.6) is 0 Å². The number of nitrogens with zero attached hydrogens (tertiary/aromatic N) is 1. The van der Waals surface area contributed by atoms with Gasteiger partial charge in [-0.15, -0.1) is 0 Å². The fraction of sp³-hybridized carbons (Fsp3) is 0.276. The minimum absolute atomic E-state index is 0.0328. The van der Waals surface area contributed by atoms with E-state index in [0.29, 0.717) is 34.6 Å². The van der Waals surface area contributed by atoms with Crippen LogP contribution in [-0.2, 0) is 21.4 Å². The second kappa shape index (κ2) is 11.6. The molecular weight excluding hydrogens is 484 g/mol. The Balaban J connectivity index is 1.73. The molecule has 0 bridgehead atoms. The first-order valence-corrected chi connectivity index (χ1v) is 14.3. The molecule has 3 N–H and O–H groups in total. The van der Waals surface area contributed by atoms with Gasteiger partial charge in [0.05, 0.1) is 17.0 Å². The van der Waals surface area contributed by atoms with Gasteiger partial charge in [-0.1, -0.05) is 63.2 Å². The Morgan fingerprint density at radius 2 is 1.57 bits per heavy atom. The van der Waals surface area contributed by atoms with Crippen molar-refractivity contribution in [2.75, 3.05) is 34.2 Å². The SMILES string of the molecule is CCCS(=O)(=O)Nc1ccc2c(c1)/C(=C(/Nc1ccc(CN(CC)CC)cc1)c1ccccc1)C(=O)N2. The van der Waals surface area contributed by atoms with Gasteiger partial charge in [-0.2, -0.15) is 0 Å². The van der Waals surface area contributed by atoms with E-state index in [-0.39, 0.29) is 11.7 Å². The number of anilines is 3. The van der Waals surface area contributed by atoms with Crippen LogP contribution >= 0.6 is 0 Å². The fourth-order valence-electron chi connectivity index (χ4n) is 4.41. The molecule has 0 saturated heterocycles. The molecule has 37 heavy (non-hydrogen) atoms. The van der Waals surface area contributed by atoms with Crippen LogP contribution in [0.15, 0.2) is 72.8 Å². The fourth-order valence-corrected chi connectivity index (χ4v) is 5.53. The highest BCUT2D eigenvalue weighted by Gasteiger charge is 2.29. The number of carbonyl (C=O) groups is 1. The van der Waals surface area contributed by atoms with E-state index in [1.165, 1.54) is 5.56 Å². The van der Waals surface area contributed by atoms with Crippen molar-refractivity contribution >= 4 is 44.3 Å². The van der Waals surface area contributed by atoms with Crippen LogP contribution in [0.2, 0.25) is 0 Å². The third-order valence-corrected chi connectivity index (χ3v) is 7.84. The Hall–Kier alpha value is -3.62. The Morgan fingerprint density at radius 3 is 2.22 bits per heavy atom. The summed E-state index contributed by atoms with van der Waals surface area (Å²) >= 11 is 0. The summed E-state index contributed by atoms with van der Waals surface area (Å²) in [5.74, 6) is -0.210. The summed E-state index contributed by atoms with van der Waals surface area (Å²) in [5, 5.41) is 6.39. The van der Waals surface area contributed by atoms with Gasteiger partial charge in [0.15, 0.2) is 0 Å². The molecule has 194 valence electrons. The van der Waals surface area contributed by atoms with Crippen molar-refractivity contribution in [3.8, 4) is 0 Å². The third kappa shape index (κ3) is 6.39. The molecular formula is C29H34N4O3S. The molecule has 7 nitrogen and oxygen atoms in total. The number of sulfonamides is 1. The van der Waals surface area contributed by atoms with E-state index in [0.717, 1.165) is 30.9 Å². The molecule has 0 unspecified atom stereocenters. The van der Waals surface area contributed by atoms with Crippen LogP contribution in [0.3, 0.4) is 0 Å². The Labute approximate surface area is 219 Å². The topological polar surface area (TPSA) is 90.5 Å². The number of amides is 1. The number of nitrogens with one attached hydrogen (secondary N) is 3. The summed E-state index contributed by atoms with van der Waals surface area (Å²) in [5.41, 5.74) is 5.76. The summed E-state index contributed by atoms with van der Waals surface area (Å²) in [7, 11) is -3.46. The van der Waals surface area contributed by atoms with Gasteiger partial charge in [-0.3, -0.25) is 14.4 Å². The molecule has 3 aromatic carbocycles. The zero-order valence-electron chi connectivity index (χ0n) is 21.5. The van der Waals surface area contributed by atoms with Crippen molar-refractivity contribution in [2.45, 2.75) is 33.7 Å². The zero-order chi connectivity index (χ0) is 26.4. The molecule has 0 radical (unpaired) electrons. The molecule has 1 heterocycles. The van der Waals surface area contributed by atoms with Crippen molar-refractivity contribution < 1.29 is 13.2 Å². The maximum Gasteiger partial charge on any atom is 0.258 e. The molecule has 3 aromatic rings. The van der Waals surface area contributed by atoms with E-state index in [4.69, 9.17) is 0 Å². The van der Waals surface area contributed by atoms with Crippen molar-refractivity contribution in [3.05, 3.63) is 89.5 Å². The van der Waals surface area contributed by atoms with Gasteiger partial charge in [0.25, 0.3) is 5.91 Å². The highest BCUT2D eigenvalue weighted by atomic mass is 32.2. The van der Waals surface area contributed by atoms with Crippen LogP contribution in [0.4, 0.5) is 17.1 Å². The van der Waals surface area contributed by atoms with Gasteiger partial charge in [-0.25, -0.2) is 8.42 Å². The number of carbonyl (C=O) groups excluding carboxylic acids is 1. The molecule has 1 aliphatic heterocycles. The summed E-state index contributed by atoms with van der Waals surface area (Å²) in [6.45, 7) is 8.99. The molecule has 1 aliphatic rings. The molecule has 0 aromatic heterocycles. The van der Waals surface area contributed by atoms with Crippen LogP contribution < -0.4 is 15.4 Å². The van der Waals surface area contributed by atoms with Gasteiger partial charge in [0.2, 0.25) is 10.0 Å². The van der Waals surface area contributed by atoms with Crippen LogP contribution in [0, 0.1) is 0 Å². The summed E-state index contributed by atoms with van der Waals surface area (Å²) in [6.07, 6.45) is 0.515.